The number of nitrogens with zero attached hydrogens (tertiary/aromatic N) is 1. The molecule has 1 aliphatic heterocycles. The number of hydrogen-bond donors (Lipinski definition) is 0. The number of likely N-dealkylation sites (N-methyl/N-ethyl adjacent to an activating group) is 1. The van der Waals surface area contributed by atoms with Crippen LogP contribution >= 0.6 is 0 Å². The second-order valence-corrected chi connectivity index (χ2v) is 3.79. The normalized spacial score (nSPS) is 18.2. The van der Waals surface area contributed by atoms with Crippen molar-refractivity contribution in [3.63, 3.8) is 0 Å². The lowest BCUT2D eigenvalue weighted by Crippen LogP contribution is -3.00. The lowest BCUT2D eigenvalue weighted by Gasteiger charge is -2.23. The molecule has 1 nitrogen and oxygen atoms in total. The Hall–Kier alpha value is -0.0900. The van der Waals surface area contributed by atoms with Gasteiger partial charge in [-0.1, -0.05) is 18.2 Å². The van der Waals surface area contributed by atoms with Crippen molar-refractivity contribution in [1.82, 2.24) is 4.48 Å². The van der Waals surface area contributed by atoms with Crippen LogP contribution in [0.2, 0.25) is 0 Å². The van der Waals surface area contributed by atoms with Crippen LogP contribution in [0.1, 0.15) is 5.56 Å². The molecule has 0 atom stereocenters. The molecule has 66 valence electrons. The predicted molar refractivity (Wildman–Crippen MR) is 48.7 cm³/mol. The van der Waals surface area contributed by atoms with E-state index in [9.17, 15) is 0 Å². The Kier molecular flexibility index (Phi) is 2.78. The summed E-state index contributed by atoms with van der Waals surface area (Å²) < 4.78 is 1.05. The third-order valence-electron chi connectivity index (χ3n) is 2.58. The van der Waals surface area contributed by atoms with Gasteiger partial charge in [0.05, 0.1) is 20.6 Å². The zero-order valence-electron chi connectivity index (χ0n) is 7.55. The molecule has 1 aliphatic rings. The van der Waals surface area contributed by atoms with Crippen LogP contribution in [0.15, 0.2) is 24.3 Å². The fourth-order valence-electron chi connectivity index (χ4n) is 1.83. The van der Waals surface area contributed by atoms with Crippen LogP contribution in [-0.4, -0.2) is 20.6 Å². The van der Waals surface area contributed by atoms with Gasteiger partial charge in [-0.25, -0.2) is 0 Å². The van der Waals surface area contributed by atoms with Crippen LogP contribution in [0.25, 0.3) is 0 Å². The number of benzene rings is 1. The van der Waals surface area contributed by atoms with Crippen molar-refractivity contribution in [1.29, 1.82) is 0 Å². The minimum atomic E-state index is 0. The van der Waals surface area contributed by atoms with Gasteiger partial charge in [-0.3, -0.25) is 4.48 Å². The minimum absolute atomic E-state index is 0. The summed E-state index contributed by atoms with van der Waals surface area (Å²) in [7, 11) is 4.54. The van der Waals surface area contributed by atoms with E-state index in [-0.39, 0.29) is 24.0 Å². The highest BCUT2D eigenvalue weighted by molar-refractivity contribution is 5.53. The molecule has 0 saturated carbocycles. The van der Waals surface area contributed by atoms with Crippen LogP contribution in [0, 0.1) is 0 Å². The summed E-state index contributed by atoms with van der Waals surface area (Å²) in [5.74, 6) is 0. The molecule has 0 radical (unpaired) electrons. The molecule has 0 N–H and O–H groups in total. The molecule has 0 saturated heterocycles. The van der Waals surface area contributed by atoms with Gasteiger partial charge in [0, 0.05) is 12.0 Å². The van der Waals surface area contributed by atoms with Gasteiger partial charge in [0.25, 0.3) is 0 Å². The molecule has 0 aromatic heterocycles. The van der Waals surface area contributed by atoms with Crippen molar-refractivity contribution in [2.75, 3.05) is 20.6 Å². The molecule has 0 bridgehead atoms. The highest BCUT2D eigenvalue weighted by atomic mass is 127. The van der Waals surface area contributed by atoms with Gasteiger partial charge >= 0.3 is 0 Å². The summed E-state index contributed by atoms with van der Waals surface area (Å²) in [6, 6.07) is 8.74. The fourth-order valence-corrected chi connectivity index (χ4v) is 1.83. The summed E-state index contributed by atoms with van der Waals surface area (Å²) in [5.41, 5.74) is 3.02. The molecule has 0 fully saturated rings. The second-order valence-electron chi connectivity index (χ2n) is 3.79. The van der Waals surface area contributed by atoms with Gasteiger partial charge in [0.2, 0.25) is 0 Å². The van der Waals surface area contributed by atoms with Crippen LogP contribution in [0.4, 0.5) is 5.69 Å². The van der Waals surface area contributed by atoms with Gasteiger partial charge in [-0.05, 0) is 6.07 Å². The number of halogens is 1. The molecule has 1 aromatic rings. The van der Waals surface area contributed by atoms with Crippen LogP contribution in [-0.2, 0) is 6.42 Å². The van der Waals surface area contributed by atoms with Gasteiger partial charge in [-0.2, -0.15) is 0 Å². The van der Waals surface area contributed by atoms with Crippen LogP contribution in [0.5, 0.6) is 0 Å². The van der Waals surface area contributed by atoms with Crippen LogP contribution < -0.4 is 28.5 Å². The Morgan fingerprint density at radius 3 is 2.50 bits per heavy atom. The zero-order chi connectivity index (χ0) is 7.90. The molecule has 12 heavy (non-hydrogen) atoms. The van der Waals surface area contributed by atoms with E-state index in [1.165, 1.54) is 24.2 Å². The third-order valence-corrected chi connectivity index (χ3v) is 2.58. The van der Waals surface area contributed by atoms with Crippen molar-refractivity contribution >= 4 is 5.69 Å². The fraction of sp³-hybridized carbons (Fsp3) is 0.400. The standard InChI is InChI=1S/C10H14N.HI/c1-11(2)8-7-9-5-3-4-6-10(9)11;/h3-6H,7-8H2,1-2H3;1H/q+1;/p-1. The Labute approximate surface area is 91.0 Å². The van der Waals surface area contributed by atoms with E-state index in [0.717, 1.165) is 4.48 Å². The maximum absolute atomic E-state index is 2.27. The predicted octanol–water partition coefficient (Wildman–Crippen LogP) is -1.19. The Balaban J connectivity index is 0.000000720. The maximum Gasteiger partial charge on any atom is 0.135 e. The first kappa shape index (κ1) is 9.99. The first-order valence-electron chi connectivity index (χ1n) is 4.12. The van der Waals surface area contributed by atoms with Crippen LogP contribution in [0.3, 0.4) is 0 Å². The van der Waals surface area contributed by atoms with Gasteiger partial charge in [0.15, 0.2) is 0 Å². The highest BCUT2D eigenvalue weighted by Gasteiger charge is 2.28. The first-order chi connectivity index (χ1) is 5.20. The van der Waals surface area contributed by atoms with E-state index in [4.69, 9.17) is 0 Å². The van der Waals surface area contributed by atoms with E-state index in [1.807, 2.05) is 0 Å². The monoisotopic (exact) mass is 275 g/mol. The van der Waals surface area contributed by atoms with Gasteiger partial charge in [0.1, 0.15) is 5.69 Å². The van der Waals surface area contributed by atoms with Gasteiger partial charge in [-0.15, -0.1) is 0 Å². The Morgan fingerprint density at radius 2 is 1.83 bits per heavy atom. The van der Waals surface area contributed by atoms with E-state index in [2.05, 4.69) is 38.4 Å². The maximum atomic E-state index is 2.27. The van der Waals surface area contributed by atoms with Crippen molar-refractivity contribution in [2.24, 2.45) is 0 Å². The molecule has 1 aromatic carbocycles. The summed E-state index contributed by atoms with van der Waals surface area (Å²) in [6.07, 6.45) is 1.24. The van der Waals surface area contributed by atoms with Crippen molar-refractivity contribution in [2.45, 2.75) is 6.42 Å². The zero-order valence-corrected chi connectivity index (χ0v) is 9.71. The van der Waals surface area contributed by atoms with E-state index >= 15 is 0 Å². The van der Waals surface area contributed by atoms with Crippen molar-refractivity contribution in [3.05, 3.63) is 29.8 Å². The van der Waals surface area contributed by atoms with E-state index in [1.54, 1.807) is 0 Å². The number of fused-ring (bicyclic) bond motifs is 1. The largest absolute Gasteiger partial charge is 1.00 e. The highest BCUT2D eigenvalue weighted by Crippen LogP contribution is 2.30. The number of hydrogen-bond acceptors (Lipinski definition) is 0. The average molecular weight is 275 g/mol. The third kappa shape index (κ3) is 1.50. The number of rotatable bonds is 0. The lowest BCUT2D eigenvalue weighted by molar-refractivity contribution is -0.00000241. The smallest absolute Gasteiger partial charge is 0.135 e. The molecular formula is C10H14IN. The first-order valence-corrected chi connectivity index (χ1v) is 4.12. The number of quaternary nitrogens is 1. The molecular weight excluding hydrogens is 261 g/mol. The SMILES string of the molecule is C[N+]1(C)CCc2ccccc21.[I-]. The molecule has 2 heteroatoms. The molecule has 0 unspecified atom stereocenters. The summed E-state index contributed by atoms with van der Waals surface area (Å²) >= 11 is 0. The van der Waals surface area contributed by atoms with Gasteiger partial charge < -0.3 is 24.0 Å². The lowest BCUT2D eigenvalue weighted by atomic mass is 10.2. The topological polar surface area (TPSA) is 0 Å². The molecule has 2 rings (SSSR count). The van der Waals surface area contributed by atoms with E-state index in [0.29, 0.717) is 0 Å². The molecule has 0 spiro atoms. The molecule has 1 heterocycles. The van der Waals surface area contributed by atoms with Crippen molar-refractivity contribution in [3.8, 4) is 0 Å². The molecule has 0 aliphatic carbocycles. The Morgan fingerprint density at radius 1 is 1.17 bits per heavy atom. The van der Waals surface area contributed by atoms with E-state index < -0.39 is 0 Å². The number of para-hydroxylation sites is 1. The summed E-state index contributed by atoms with van der Waals surface area (Å²) in [6.45, 7) is 1.25. The molecule has 0 amide bonds. The summed E-state index contributed by atoms with van der Waals surface area (Å²) in [4.78, 5) is 0. The average Bonchev–Trinajstić information content (AvgIpc) is 2.29. The quantitative estimate of drug-likeness (QED) is 0.413. The van der Waals surface area contributed by atoms with Crippen molar-refractivity contribution < 1.29 is 24.0 Å². The minimum Gasteiger partial charge on any atom is -1.00 e. The summed E-state index contributed by atoms with van der Waals surface area (Å²) in [5, 5.41) is 0. The Bertz CT molecular complexity index is 281. The second kappa shape index (κ2) is 3.34.